The second-order valence-corrected chi connectivity index (χ2v) is 6.50. The van der Waals surface area contributed by atoms with Crippen molar-refractivity contribution in [3.05, 3.63) is 89.5 Å². The van der Waals surface area contributed by atoms with Crippen LogP contribution in [-0.4, -0.2) is 25.2 Å². The zero-order valence-corrected chi connectivity index (χ0v) is 17.2. The first kappa shape index (κ1) is 21.6. The molecule has 3 aromatic rings. The summed E-state index contributed by atoms with van der Waals surface area (Å²) in [6, 6.07) is 21.6. The first-order valence-corrected chi connectivity index (χ1v) is 9.52. The van der Waals surface area contributed by atoms with E-state index in [9.17, 15) is 9.59 Å². The Balaban J connectivity index is 1.55. The van der Waals surface area contributed by atoms with E-state index in [4.69, 9.17) is 14.2 Å². The summed E-state index contributed by atoms with van der Waals surface area (Å²) in [5.41, 5.74) is 4.65. The smallest absolute Gasteiger partial charge is 0.308 e. The van der Waals surface area contributed by atoms with Crippen LogP contribution in [0.15, 0.2) is 77.9 Å². The van der Waals surface area contributed by atoms with E-state index in [1.165, 1.54) is 20.2 Å². The molecule has 3 aromatic carbocycles. The van der Waals surface area contributed by atoms with Crippen LogP contribution in [0.1, 0.15) is 28.4 Å². The minimum Gasteiger partial charge on any atom is -0.493 e. The van der Waals surface area contributed by atoms with Crippen molar-refractivity contribution >= 4 is 18.1 Å². The molecule has 0 aliphatic carbocycles. The number of hydrogen-bond acceptors (Lipinski definition) is 6. The quantitative estimate of drug-likeness (QED) is 0.259. The first-order valence-electron chi connectivity index (χ1n) is 9.52. The number of hydrazone groups is 1. The highest BCUT2D eigenvalue weighted by atomic mass is 16.6. The number of esters is 1. The first-order chi connectivity index (χ1) is 15.0. The van der Waals surface area contributed by atoms with Crippen LogP contribution in [0.3, 0.4) is 0 Å². The minimum absolute atomic E-state index is 0.311. The molecule has 0 aromatic heterocycles. The molecule has 0 saturated heterocycles. The number of methoxy groups -OCH3 is 1. The molecular weight excluding hydrogens is 396 g/mol. The fourth-order valence-corrected chi connectivity index (χ4v) is 2.68. The SMILES string of the molecule is COc1cc(C=NNC(=O)c2ccc(OCc3ccccc3)cc2)ccc1OC(C)=O. The number of carbonyl (C=O) groups is 2. The number of rotatable bonds is 8. The third-order valence-corrected chi connectivity index (χ3v) is 4.19. The monoisotopic (exact) mass is 418 g/mol. The summed E-state index contributed by atoms with van der Waals surface area (Å²) in [4.78, 5) is 23.4. The molecule has 158 valence electrons. The van der Waals surface area contributed by atoms with Gasteiger partial charge in [0, 0.05) is 12.5 Å². The number of carbonyl (C=O) groups excluding carboxylic acids is 2. The normalized spacial score (nSPS) is 10.5. The Bertz CT molecular complexity index is 1060. The van der Waals surface area contributed by atoms with Crippen molar-refractivity contribution in [1.82, 2.24) is 5.43 Å². The van der Waals surface area contributed by atoms with Crippen LogP contribution >= 0.6 is 0 Å². The third-order valence-electron chi connectivity index (χ3n) is 4.19. The predicted octanol–water partition coefficient (Wildman–Crippen LogP) is 3.96. The van der Waals surface area contributed by atoms with Crippen molar-refractivity contribution in [2.45, 2.75) is 13.5 Å². The number of nitrogens with zero attached hydrogens (tertiary/aromatic N) is 1. The highest BCUT2D eigenvalue weighted by Gasteiger charge is 2.08. The van der Waals surface area contributed by atoms with E-state index < -0.39 is 5.97 Å². The van der Waals surface area contributed by atoms with Gasteiger partial charge in [0.05, 0.1) is 13.3 Å². The van der Waals surface area contributed by atoms with Crippen molar-refractivity contribution < 1.29 is 23.8 Å². The average Bonchev–Trinajstić information content (AvgIpc) is 2.79. The summed E-state index contributed by atoms with van der Waals surface area (Å²) in [7, 11) is 1.47. The van der Waals surface area contributed by atoms with Crippen molar-refractivity contribution in [2.75, 3.05) is 7.11 Å². The van der Waals surface area contributed by atoms with Crippen LogP contribution in [-0.2, 0) is 11.4 Å². The Hall–Kier alpha value is -4.13. The van der Waals surface area contributed by atoms with Crippen molar-refractivity contribution in [3.63, 3.8) is 0 Å². The molecule has 0 aliphatic rings. The largest absolute Gasteiger partial charge is 0.493 e. The van der Waals surface area contributed by atoms with Crippen molar-refractivity contribution in [2.24, 2.45) is 5.10 Å². The number of hydrogen-bond donors (Lipinski definition) is 1. The Labute approximate surface area is 180 Å². The van der Waals surface area contributed by atoms with Gasteiger partial charge in [-0.1, -0.05) is 30.3 Å². The number of ether oxygens (including phenoxy) is 3. The van der Waals surface area contributed by atoms with Gasteiger partial charge in [-0.2, -0.15) is 5.10 Å². The number of benzene rings is 3. The predicted molar refractivity (Wildman–Crippen MR) is 117 cm³/mol. The summed E-state index contributed by atoms with van der Waals surface area (Å²) >= 11 is 0. The molecule has 0 aliphatic heterocycles. The van der Waals surface area contributed by atoms with Crippen LogP contribution in [0, 0.1) is 0 Å². The molecule has 0 saturated carbocycles. The van der Waals surface area contributed by atoms with Crippen LogP contribution in [0.25, 0.3) is 0 Å². The Morgan fingerprint density at radius 3 is 2.39 bits per heavy atom. The second kappa shape index (κ2) is 10.6. The summed E-state index contributed by atoms with van der Waals surface area (Å²) in [6.45, 7) is 1.77. The molecule has 0 fully saturated rings. The van der Waals surface area contributed by atoms with E-state index in [1.807, 2.05) is 30.3 Å². The lowest BCUT2D eigenvalue weighted by molar-refractivity contribution is -0.132. The molecule has 7 nitrogen and oxygen atoms in total. The molecule has 1 N–H and O–H groups in total. The Morgan fingerprint density at radius 1 is 0.968 bits per heavy atom. The zero-order valence-electron chi connectivity index (χ0n) is 17.2. The fraction of sp³-hybridized carbons (Fsp3) is 0.125. The molecule has 1 amide bonds. The Kier molecular flexibility index (Phi) is 7.37. The summed E-state index contributed by atoms with van der Waals surface area (Å²) in [6.07, 6.45) is 1.47. The number of amides is 1. The fourth-order valence-electron chi connectivity index (χ4n) is 2.68. The van der Waals surface area contributed by atoms with Crippen LogP contribution in [0.5, 0.6) is 17.2 Å². The van der Waals surface area contributed by atoms with Crippen molar-refractivity contribution in [1.29, 1.82) is 0 Å². The molecule has 0 radical (unpaired) electrons. The van der Waals surface area contributed by atoms with Crippen LogP contribution in [0.2, 0.25) is 0 Å². The highest BCUT2D eigenvalue weighted by molar-refractivity contribution is 5.95. The van der Waals surface area contributed by atoms with E-state index in [2.05, 4.69) is 10.5 Å². The van der Waals surface area contributed by atoms with Gasteiger partial charge in [0.25, 0.3) is 5.91 Å². The van der Waals surface area contributed by atoms with E-state index in [0.717, 1.165) is 5.56 Å². The van der Waals surface area contributed by atoms with E-state index >= 15 is 0 Å². The van der Waals surface area contributed by atoms with Crippen molar-refractivity contribution in [3.8, 4) is 17.2 Å². The maximum Gasteiger partial charge on any atom is 0.308 e. The summed E-state index contributed by atoms with van der Waals surface area (Å²) in [5, 5.41) is 3.96. The van der Waals surface area contributed by atoms with Gasteiger partial charge in [-0.3, -0.25) is 9.59 Å². The topological polar surface area (TPSA) is 86.2 Å². The van der Waals surface area contributed by atoms with Gasteiger partial charge in [0.15, 0.2) is 11.5 Å². The minimum atomic E-state index is -0.441. The molecule has 0 heterocycles. The average molecular weight is 418 g/mol. The molecule has 7 heteroatoms. The van der Waals surface area contributed by atoms with E-state index in [-0.39, 0.29) is 5.91 Å². The highest BCUT2D eigenvalue weighted by Crippen LogP contribution is 2.27. The maximum absolute atomic E-state index is 12.3. The van der Waals surface area contributed by atoms with Gasteiger partial charge < -0.3 is 14.2 Å². The molecule has 0 bridgehead atoms. The maximum atomic E-state index is 12.3. The second-order valence-electron chi connectivity index (χ2n) is 6.50. The van der Waals surface area contributed by atoms with Gasteiger partial charge in [0.1, 0.15) is 12.4 Å². The molecule has 0 unspecified atom stereocenters. The molecule has 3 rings (SSSR count). The van der Waals surface area contributed by atoms with Crippen LogP contribution in [0.4, 0.5) is 0 Å². The summed E-state index contributed by atoms with van der Waals surface area (Å²) in [5.74, 6) is 0.573. The zero-order chi connectivity index (χ0) is 22.1. The molecule has 0 spiro atoms. The summed E-state index contributed by atoms with van der Waals surface area (Å²) < 4.78 is 16.0. The molecular formula is C24H22N2O5. The molecule has 0 atom stereocenters. The van der Waals surface area contributed by atoms with Gasteiger partial charge >= 0.3 is 5.97 Å². The van der Waals surface area contributed by atoms with Gasteiger partial charge in [0.2, 0.25) is 0 Å². The number of nitrogens with one attached hydrogen (secondary N) is 1. The standard InChI is InChI=1S/C24H22N2O5/c1-17(27)31-22-13-8-19(14-23(22)29-2)15-25-26-24(28)20-9-11-21(12-10-20)30-16-18-6-4-3-5-7-18/h3-15H,16H2,1-2H3,(H,26,28). The lowest BCUT2D eigenvalue weighted by atomic mass is 10.2. The van der Waals surface area contributed by atoms with Crippen LogP contribution < -0.4 is 19.6 Å². The Morgan fingerprint density at radius 2 is 1.71 bits per heavy atom. The van der Waals surface area contributed by atoms with E-state index in [0.29, 0.717) is 35.0 Å². The van der Waals surface area contributed by atoms with Gasteiger partial charge in [-0.05, 0) is 53.6 Å². The third kappa shape index (κ3) is 6.43. The lowest BCUT2D eigenvalue weighted by Crippen LogP contribution is -2.17. The van der Waals surface area contributed by atoms with Gasteiger partial charge in [-0.15, -0.1) is 0 Å². The van der Waals surface area contributed by atoms with E-state index in [1.54, 1.807) is 42.5 Å². The lowest BCUT2D eigenvalue weighted by Gasteiger charge is -2.08. The van der Waals surface area contributed by atoms with Gasteiger partial charge in [-0.25, -0.2) is 5.43 Å². The molecule has 31 heavy (non-hydrogen) atoms.